The van der Waals surface area contributed by atoms with Crippen LogP contribution in [0.2, 0.25) is 0 Å². The third-order valence-electron chi connectivity index (χ3n) is 3.40. The molecule has 1 N–H and O–H groups in total. The smallest absolute Gasteiger partial charge is 0.127 e. The summed E-state index contributed by atoms with van der Waals surface area (Å²) in [4.78, 5) is 0. The van der Waals surface area contributed by atoms with Crippen LogP contribution in [-0.4, -0.2) is 10.7 Å². The Hall–Kier alpha value is -1.44. The molecule has 0 saturated heterocycles. The van der Waals surface area contributed by atoms with E-state index in [1.807, 2.05) is 12.1 Å². The highest BCUT2D eigenvalue weighted by atomic mass is 16.5. The van der Waals surface area contributed by atoms with Crippen molar-refractivity contribution in [1.82, 2.24) is 0 Å². The Balaban J connectivity index is 2.55. The molecule has 0 radical (unpaired) electrons. The summed E-state index contributed by atoms with van der Waals surface area (Å²) >= 11 is 0. The van der Waals surface area contributed by atoms with Crippen LogP contribution in [0.5, 0.6) is 11.5 Å². The number of ether oxygens (including phenoxy) is 1. The molecular formula is C16H22O2. The number of benzene rings is 1. The first-order valence-electron chi connectivity index (χ1n) is 6.65. The van der Waals surface area contributed by atoms with Crippen molar-refractivity contribution < 1.29 is 9.84 Å². The summed E-state index contributed by atoms with van der Waals surface area (Å²) in [5.74, 6) is 1.38. The predicted octanol–water partition coefficient (Wildman–Crippen LogP) is 3.79. The van der Waals surface area contributed by atoms with Crippen molar-refractivity contribution in [3.8, 4) is 11.5 Å². The van der Waals surface area contributed by atoms with Crippen LogP contribution >= 0.6 is 0 Å². The van der Waals surface area contributed by atoms with Crippen LogP contribution < -0.4 is 4.74 Å². The lowest BCUT2D eigenvalue weighted by Crippen LogP contribution is -2.25. The van der Waals surface area contributed by atoms with E-state index in [0.717, 1.165) is 42.6 Å². The third kappa shape index (κ3) is 2.24. The van der Waals surface area contributed by atoms with Crippen LogP contribution in [0.25, 0.3) is 0 Å². The van der Waals surface area contributed by atoms with Crippen molar-refractivity contribution in [2.75, 3.05) is 0 Å². The van der Waals surface area contributed by atoms with Gasteiger partial charge in [-0.25, -0.2) is 0 Å². The van der Waals surface area contributed by atoms with Gasteiger partial charge in [-0.1, -0.05) is 19.4 Å². The Kier molecular flexibility index (Phi) is 3.38. The maximum Gasteiger partial charge on any atom is 0.127 e. The molecule has 1 aromatic rings. The lowest BCUT2D eigenvalue weighted by Gasteiger charge is -2.18. The highest BCUT2D eigenvalue weighted by Crippen LogP contribution is 2.43. The number of hydrogen-bond donors (Lipinski definition) is 1. The molecule has 1 aliphatic heterocycles. The lowest BCUT2D eigenvalue weighted by molar-refractivity contribution is 0.137. The first-order valence-corrected chi connectivity index (χ1v) is 6.65. The molecular weight excluding hydrogens is 224 g/mol. The van der Waals surface area contributed by atoms with Crippen molar-refractivity contribution in [2.45, 2.75) is 52.1 Å². The summed E-state index contributed by atoms with van der Waals surface area (Å²) in [6.45, 7) is 10.1. The van der Waals surface area contributed by atoms with Gasteiger partial charge in [0.15, 0.2) is 0 Å². The molecule has 0 amide bonds. The van der Waals surface area contributed by atoms with Gasteiger partial charge in [0.05, 0.1) is 0 Å². The second-order valence-electron chi connectivity index (χ2n) is 5.62. The number of aromatic hydroxyl groups is 1. The van der Waals surface area contributed by atoms with E-state index in [0.29, 0.717) is 5.75 Å². The molecule has 2 heteroatoms. The van der Waals surface area contributed by atoms with Crippen LogP contribution in [0.3, 0.4) is 0 Å². The van der Waals surface area contributed by atoms with E-state index in [1.165, 1.54) is 5.56 Å². The van der Waals surface area contributed by atoms with E-state index in [-0.39, 0.29) is 5.60 Å². The summed E-state index contributed by atoms with van der Waals surface area (Å²) in [5.41, 5.74) is 3.13. The molecule has 2 nitrogen and oxygen atoms in total. The second-order valence-corrected chi connectivity index (χ2v) is 5.62. The van der Waals surface area contributed by atoms with Gasteiger partial charge in [0.1, 0.15) is 17.1 Å². The fourth-order valence-electron chi connectivity index (χ4n) is 2.69. The quantitative estimate of drug-likeness (QED) is 0.819. The van der Waals surface area contributed by atoms with Crippen LogP contribution in [-0.2, 0) is 19.3 Å². The molecule has 98 valence electrons. The van der Waals surface area contributed by atoms with E-state index in [2.05, 4.69) is 27.4 Å². The summed E-state index contributed by atoms with van der Waals surface area (Å²) < 4.78 is 6.06. The molecule has 0 saturated carbocycles. The minimum absolute atomic E-state index is 0.172. The number of phenols is 1. The van der Waals surface area contributed by atoms with E-state index in [4.69, 9.17) is 4.74 Å². The molecule has 1 heterocycles. The van der Waals surface area contributed by atoms with Gasteiger partial charge in [-0.15, -0.1) is 6.58 Å². The Morgan fingerprint density at radius 1 is 1.50 bits per heavy atom. The molecule has 0 bridgehead atoms. The van der Waals surface area contributed by atoms with Gasteiger partial charge in [0, 0.05) is 23.1 Å². The molecule has 0 unspecified atom stereocenters. The average molecular weight is 246 g/mol. The zero-order valence-electron chi connectivity index (χ0n) is 11.5. The molecule has 2 rings (SSSR count). The maximum atomic E-state index is 10.2. The van der Waals surface area contributed by atoms with Crippen LogP contribution in [0.1, 0.15) is 43.9 Å². The normalized spacial score (nSPS) is 16.2. The lowest BCUT2D eigenvalue weighted by atomic mass is 9.92. The Bertz CT molecular complexity index is 472. The summed E-state index contributed by atoms with van der Waals surface area (Å²) in [7, 11) is 0. The molecule has 1 aliphatic rings. The molecule has 0 aromatic heterocycles. The Morgan fingerprint density at radius 3 is 2.83 bits per heavy atom. The third-order valence-corrected chi connectivity index (χ3v) is 3.40. The molecule has 0 atom stereocenters. The van der Waals surface area contributed by atoms with Crippen molar-refractivity contribution in [3.05, 3.63) is 35.4 Å². The van der Waals surface area contributed by atoms with E-state index in [1.54, 1.807) is 0 Å². The zero-order chi connectivity index (χ0) is 13.3. The number of rotatable bonds is 4. The average Bonchev–Trinajstić information content (AvgIpc) is 2.60. The first-order chi connectivity index (χ1) is 8.48. The summed E-state index contributed by atoms with van der Waals surface area (Å²) in [6.07, 6.45) is 5.39. The van der Waals surface area contributed by atoms with Crippen LogP contribution in [0, 0.1) is 0 Å². The van der Waals surface area contributed by atoms with E-state index < -0.39 is 0 Å². The summed E-state index contributed by atoms with van der Waals surface area (Å²) in [6, 6.07) is 1.84. The molecule has 1 aromatic carbocycles. The van der Waals surface area contributed by atoms with Crippen molar-refractivity contribution in [1.29, 1.82) is 0 Å². The Labute approximate surface area is 109 Å². The second kappa shape index (κ2) is 4.68. The van der Waals surface area contributed by atoms with Gasteiger partial charge in [-0.3, -0.25) is 0 Å². The van der Waals surface area contributed by atoms with Crippen molar-refractivity contribution in [2.24, 2.45) is 0 Å². The number of fused-ring (bicyclic) bond motifs is 1. The minimum atomic E-state index is -0.172. The standard InChI is InChI=1S/C16H22O2/c1-5-7-11-9-14(17)12(8-6-2)13-10-16(3,4)18-15(11)13/h5,9,17H,1,6-8,10H2,2-4H3. The number of hydrogen-bond acceptors (Lipinski definition) is 2. The fourth-order valence-corrected chi connectivity index (χ4v) is 2.69. The molecule has 0 aliphatic carbocycles. The fraction of sp³-hybridized carbons (Fsp3) is 0.500. The van der Waals surface area contributed by atoms with E-state index in [9.17, 15) is 5.11 Å². The summed E-state index contributed by atoms with van der Waals surface area (Å²) in [5, 5.41) is 10.2. The maximum absolute atomic E-state index is 10.2. The predicted molar refractivity (Wildman–Crippen MR) is 74.4 cm³/mol. The van der Waals surface area contributed by atoms with Gasteiger partial charge >= 0.3 is 0 Å². The monoisotopic (exact) mass is 246 g/mol. The van der Waals surface area contributed by atoms with Gasteiger partial charge in [-0.2, -0.15) is 0 Å². The number of allylic oxidation sites excluding steroid dienone is 1. The zero-order valence-corrected chi connectivity index (χ0v) is 11.5. The number of phenolic OH excluding ortho intramolecular Hbond substituents is 1. The van der Waals surface area contributed by atoms with E-state index >= 15 is 0 Å². The van der Waals surface area contributed by atoms with Crippen LogP contribution in [0.15, 0.2) is 18.7 Å². The first kappa shape index (κ1) is 13.0. The van der Waals surface area contributed by atoms with Gasteiger partial charge in [0.25, 0.3) is 0 Å². The van der Waals surface area contributed by atoms with Gasteiger partial charge in [-0.05, 0) is 32.8 Å². The Morgan fingerprint density at radius 2 is 2.22 bits per heavy atom. The SMILES string of the molecule is C=CCc1cc(O)c(CCC)c2c1OC(C)(C)C2. The van der Waals surface area contributed by atoms with Crippen molar-refractivity contribution >= 4 is 0 Å². The molecule has 18 heavy (non-hydrogen) atoms. The molecule has 0 spiro atoms. The largest absolute Gasteiger partial charge is 0.508 e. The van der Waals surface area contributed by atoms with Gasteiger partial charge in [0.2, 0.25) is 0 Å². The minimum Gasteiger partial charge on any atom is -0.508 e. The highest BCUT2D eigenvalue weighted by Gasteiger charge is 2.34. The highest BCUT2D eigenvalue weighted by molar-refractivity contribution is 5.56. The topological polar surface area (TPSA) is 29.5 Å². The van der Waals surface area contributed by atoms with Gasteiger partial charge < -0.3 is 9.84 Å². The van der Waals surface area contributed by atoms with Crippen LogP contribution in [0.4, 0.5) is 0 Å². The van der Waals surface area contributed by atoms with Crippen molar-refractivity contribution in [3.63, 3.8) is 0 Å². The molecule has 0 fully saturated rings.